The lowest BCUT2D eigenvalue weighted by molar-refractivity contribution is -0.133. The molecule has 21 heavy (non-hydrogen) atoms. The Balaban J connectivity index is 1.84. The highest BCUT2D eigenvalue weighted by Gasteiger charge is 2.38. The normalized spacial score (nSPS) is 24.7. The van der Waals surface area contributed by atoms with E-state index >= 15 is 0 Å². The summed E-state index contributed by atoms with van der Waals surface area (Å²) in [5.41, 5.74) is 0.251. The van der Waals surface area contributed by atoms with Crippen molar-refractivity contribution in [2.75, 3.05) is 19.8 Å². The van der Waals surface area contributed by atoms with Crippen LogP contribution < -0.4 is 5.32 Å². The Morgan fingerprint density at radius 2 is 2.10 bits per heavy atom. The van der Waals surface area contributed by atoms with Crippen LogP contribution in [0.15, 0.2) is 24.3 Å². The van der Waals surface area contributed by atoms with E-state index in [2.05, 4.69) is 5.32 Å². The summed E-state index contributed by atoms with van der Waals surface area (Å²) < 4.78 is 24.4. The predicted octanol–water partition coefficient (Wildman–Crippen LogP) is 2.13. The van der Waals surface area contributed by atoms with Crippen molar-refractivity contribution in [1.82, 2.24) is 5.32 Å². The maximum absolute atomic E-state index is 13.6. The Bertz CT molecular complexity index is 508. The number of hydrogen-bond acceptors (Lipinski definition) is 3. The summed E-state index contributed by atoms with van der Waals surface area (Å²) in [6.45, 7) is 1.75. The number of carbonyl (C=O) groups excluding carboxylic acids is 1. The molecule has 5 heteroatoms. The second-order valence-corrected chi connectivity index (χ2v) is 5.70. The number of amides is 1. The molecular weight excluding hydrogens is 273 g/mol. The molecule has 2 heterocycles. The van der Waals surface area contributed by atoms with Gasteiger partial charge < -0.3 is 14.8 Å². The van der Waals surface area contributed by atoms with Crippen molar-refractivity contribution in [3.63, 3.8) is 0 Å². The van der Waals surface area contributed by atoms with Crippen molar-refractivity contribution in [2.45, 2.75) is 37.3 Å². The third-order valence-corrected chi connectivity index (χ3v) is 4.31. The van der Waals surface area contributed by atoms with Crippen LogP contribution in [0.4, 0.5) is 4.39 Å². The molecule has 0 aliphatic carbocycles. The third kappa shape index (κ3) is 3.09. The summed E-state index contributed by atoms with van der Waals surface area (Å²) in [4.78, 5) is 12.4. The van der Waals surface area contributed by atoms with Gasteiger partial charge in [0.25, 0.3) is 0 Å². The zero-order valence-electron chi connectivity index (χ0n) is 11.9. The molecule has 0 aromatic heterocycles. The molecule has 0 bridgehead atoms. The van der Waals surface area contributed by atoms with Gasteiger partial charge in [-0.15, -0.1) is 0 Å². The molecule has 2 aliphatic heterocycles. The van der Waals surface area contributed by atoms with Gasteiger partial charge in [0, 0.05) is 19.8 Å². The maximum atomic E-state index is 13.6. The molecule has 1 aromatic carbocycles. The first-order valence-electron chi connectivity index (χ1n) is 7.47. The summed E-state index contributed by atoms with van der Waals surface area (Å²) in [5, 5.41) is 3.11. The van der Waals surface area contributed by atoms with Crippen molar-refractivity contribution >= 4 is 5.91 Å². The Morgan fingerprint density at radius 3 is 2.76 bits per heavy atom. The molecule has 1 aromatic rings. The highest BCUT2D eigenvalue weighted by molar-refractivity contribution is 5.82. The van der Waals surface area contributed by atoms with Crippen LogP contribution in [0.3, 0.4) is 0 Å². The average molecular weight is 293 g/mol. The van der Waals surface area contributed by atoms with Crippen LogP contribution in [0.1, 0.15) is 31.2 Å². The number of carbonyl (C=O) groups is 1. The van der Waals surface area contributed by atoms with E-state index in [1.54, 1.807) is 6.07 Å². The van der Waals surface area contributed by atoms with Crippen LogP contribution in [0.5, 0.6) is 0 Å². The molecule has 4 nitrogen and oxygen atoms in total. The van der Waals surface area contributed by atoms with E-state index in [-0.39, 0.29) is 17.8 Å². The van der Waals surface area contributed by atoms with Crippen LogP contribution in [-0.4, -0.2) is 31.8 Å². The Morgan fingerprint density at radius 1 is 1.29 bits per heavy atom. The van der Waals surface area contributed by atoms with E-state index in [9.17, 15) is 9.18 Å². The first kappa shape index (κ1) is 14.5. The van der Waals surface area contributed by atoms with Crippen molar-refractivity contribution in [2.24, 2.45) is 0 Å². The second-order valence-electron chi connectivity index (χ2n) is 5.70. The minimum Gasteiger partial charge on any atom is -0.381 e. The van der Waals surface area contributed by atoms with Crippen molar-refractivity contribution in [1.29, 1.82) is 0 Å². The summed E-state index contributed by atoms with van der Waals surface area (Å²) in [5.74, 6) is -0.386. The fraction of sp³-hybridized carbons (Fsp3) is 0.562. The standard InChI is InChI=1S/C16H20FNO3/c17-13-4-1-3-12(11-13)16(6-9-20-10-7-16)18-15(19)14-5-2-8-21-14/h1,3-4,11,14H,2,5-10H2,(H,18,19). The zero-order chi connectivity index (χ0) is 14.7. The third-order valence-electron chi connectivity index (χ3n) is 4.31. The number of hydrogen-bond donors (Lipinski definition) is 1. The molecule has 0 radical (unpaired) electrons. The Kier molecular flexibility index (Phi) is 4.22. The second kappa shape index (κ2) is 6.12. The molecule has 0 spiro atoms. The van der Waals surface area contributed by atoms with E-state index < -0.39 is 5.54 Å². The Labute approximate surface area is 123 Å². The lowest BCUT2D eigenvalue weighted by atomic mass is 9.82. The van der Waals surface area contributed by atoms with Crippen LogP contribution >= 0.6 is 0 Å². The molecule has 0 saturated carbocycles. The van der Waals surface area contributed by atoms with Crippen molar-refractivity contribution < 1.29 is 18.7 Å². The van der Waals surface area contributed by atoms with Gasteiger partial charge in [-0.1, -0.05) is 12.1 Å². The van der Waals surface area contributed by atoms with Crippen LogP contribution in [0.2, 0.25) is 0 Å². The number of rotatable bonds is 3. The maximum Gasteiger partial charge on any atom is 0.249 e. The van der Waals surface area contributed by atoms with E-state index in [0.717, 1.165) is 18.4 Å². The first-order valence-corrected chi connectivity index (χ1v) is 7.47. The SMILES string of the molecule is O=C(NC1(c2cccc(F)c2)CCOCC1)C1CCCO1. The Hall–Kier alpha value is -1.46. The lowest BCUT2D eigenvalue weighted by Gasteiger charge is -2.39. The van der Waals surface area contributed by atoms with Gasteiger partial charge >= 0.3 is 0 Å². The van der Waals surface area contributed by atoms with Gasteiger partial charge in [-0.2, -0.15) is 0 Å². The molecule has 1 unspecified atom stereocenters. The highest BCUT2D eigenvalue weighted by Crippen LogP contribution is 2.33. The van der Waals surface area contributed by atoms with E-state index in [4.69, 9.17) is 9.47 Å². The molecule has 2 aliphatic rings. The highest BCUT2D eigenvalue weighted by atomic mass is 19.1. The summed E-state index contributed by atoms with van der Waals surface area (Å²) in [7, 11) is 0. The fourth-order valence-corrected chi connectivity index (χ4v) is 3.09. The number of halogens is 1. The largest absolute Gasteiger partial charge is 0.381 e. The lowest BCUT2D eigenvalue weighted by Crippen LogP contribution is -2.52. The molecule has 114 valence electrons. The fourth-order valence-electron chi connectivity index (χ4n) is 3.09. The number of benzene rings is 1. The number of ether oxygens (including phenoxy) is 2. The molecule has 1 amide bonds. The van der Waals surface area contributed by atoms with Gasteiger partial charge in [-0.05, 0) is 43.4 Å². The first-order chi connectivity index (χ1) is 10.2. The number of nitrogens with one attached hydrogen (secondary N) is 1. The predicted molar refractivity (Wildman–Crippen MR) is 75.2 cm³/mol. The van der Waals surface area contributed by atoms with E-state index in [0.29, 0.717) is 32.7 Å². The smallest absolute Gasteiger partial charge is 0.249 e. The van der Waals surface area contributed by atoms with Crippen LogP contribution in [0, 0.1) is 5.82 Å². The summed E-state index contributed by atoms with van der Waals surface area (Å²) in [6.07, 6.45) is 2.58. The monoisotopic (exact) mass is 293 g/mol. The van der Waals surface area contributed by atoms with Gasteiger partial charge in [0.15, 0.2) is 0 Å². The average Bonchev–Trinajstić information content (AvgIpc) is 3.02. The molecule has 2 saturated heterocycles. The van der Waals surface area contributed by atoms with Crippen molar-refractivity contribution in [3.8, 4) is 0 Å². The molecule has 3 rings (SSSR count). The van der Waals surface area contributed by atoms with E-state index in [1.165, 1.54) is 12.1 Å². The zero-order valence-corrected chi connectivity index (χ0v) is 11.9. The van der Waals surface area contributed by atoms with Crippen molar-refractivity contribution in [3.05, 3.63) is 35.6 Å². The quantitative estimate of drug-likeness (QED) is 0.928. The van der Waals surface area contributed by atoms with E-state index in [1.807, 2.05) is 6.07 Å². The minimum absolute atomic E-state index is 0.0985. The molecule has 1 atom stereocenters. The van der Waals surface area contributed by atoms with Gasteiger partial charge in [0.1, 0.15) is 11.9 Å². The minimum atomic E-state index is -0.552. The van der Waals surface area contributed by atoms with Gasteiger partial charge in [-0.25, -0.2) is 4.39 Å². The molecule has 1 N–H and O–H groups in total. The topological polar surface area (TPSA) is 47.6 Å². The van der Waals surface area contributed by atoms with Gasteiger partial charge in [0.2, 0.25) is 5.91 Å². The molecule has 2 fully saturated rings. The summed E-state index contributed by atoms with van der Waals surface area (Å²) in [6, 6.07) is 6.46. The van der Waals surface area contributed by atoms with Crippen LogP contribution in [0.25, 0.3) is 0 Å². The van der Waals surface area contributed by atoms with Gasteiger partial charge in [0.05, 0.1) is 5.54 Å². The van der Waals surface area contributed by atoms with Gasteiger partial charge in [-0.3, -0.25) is 4.79 Å². The summed E-state index contributed by atoms with van der Waals surface area (Å²) >= 11 is 0. The molecular formula is C16H20FNO3. The van der Waals surface area contributed by atoms with Crippen LogP contribution in [-0.2, 0) is 19.8 Å².